The Balaban J connectivity index is 1.39. The van der Waals surface area contributed by atoms with E-state index >= 15 is 0 Å². The number of hydrogen-bond donors (Lipinski definition) is 1. The molecule has 1 aliphatic rings. The molecule has 1 fully saturated rings. The smallest absolute Gasteiger partial charge is 0.331 e. The lowest BCUT2D eigenvalue weighted by Gasteiger charge is -2.33. The molecular formula is C30H33N4O2+. The Morgan fingerprint density at radius 2 is 1.81 bits per heavy atom. The first-order chi connectivity index (χ1) is 17.4. The number of likely N-dealkylation sites (tertiary alicyclic amines) is 1. The molecule has 0 spiro atoms. The molecular weight excluding hydrogens is 448 g/mol. The molecule has 3 aromatic carbocycles. The van der Waals surface area contributed by atoms with Gasteiger partial charge in [0.2, 0.25) is 0 Å². The van der Waals surface area contributed by atoms with E-state index in [0.29, 0.717) is 13.0 Å². The molecule has 36 heavy (non-hydrogen) atoms. The van der Waals surface area contributed by atoms with Crippen LogP contribution in [-0.4, -0.2) is 38.6 Å². The number of fused-ring (bicyclic) bond motifs is 1. The van der Waals surface area contributed by atoms with E-state index in [2.05, 4.69) is 35.0 Å². The Kier molecular flexibility index (Phi) is 6.46. The molecule has 2 atom stereocenters. The normalized spacial score (nSPS) is 19.5. The largest absolute Gasteiger partial charge is 0.428 e. The molecule has 3 amide bonds. The third kappa shape index (κ3) is 4.22. The summed E-state index contributed by atoms with van der Waals surface area (Å²) < 4.78 is 1.89. The van der Waals surface area contributed by atoms with Gasteiger partial charge < -0.3 is 4.57 Å². The summed E-state index contributed by atoms with van der Waals surface area (Å²) in [6.07, 6.45) is 2.48. The predicted octanol–water partition coefficient (Wildman–Crippen LogP) is 6.24. The van der Waals surface area contributed by atoms with E-state index in [-0.39, 0.29) is 28.9 Å². The highest BCUT2D eigenvalue weighted by molar-refractivity contribution is 5.96. The second-order valence-corrected chi connectivity index (χ2v) is 9.90. The van der Waals surface area contributed by atoms with Gasteiger partial charge in [0.05, 0.1) is 29.7 Å². The Bertz CT molecular complexity index is 1430. The standard InChI is InChI=1S/C30H32N4O2/c1-21-15-16-27-26(20-21)31-28(33(27)3)17-18-29(35)34(19-9-10-22(34)2)30(36)32-25-14-8-7-13-24(25)23-11-5-4-6-12-23/h4-8,11-16,20,22H,9-10,17-19H2,1-3H3/p+1/t22-,34?/m1/s1. The predicted molar refractivity (Wildman–Crippen MR) is 143 cm³/mol. The van der Waals surface area contributed by atoms with Crippen LogP contribution in [0.2, 0.25) is 0 Å². The van der Waals surface area contributed by atoms with Gasteiger partial charge in [-0.1, -0.05) is 54.6 Å². The van der Waals surface area contributed by atoms with E-state index in [1.165, 1.54) is 0 Å². The fraction of sp³-hybridized carbons (Fsp3) is 0.300. The van der Waals surface area contributed by atoms with Gasteiger partial charge in [0.15, 0.2) is 0 Å². The van der Waals surface area contributed by atoms with Crippen molar-refractivity contribution in [1.29, 1.82) is 0 Å². The number of para-hydroxylation sites is 1. The summed E-state index contributed by atoms with van der Waals surface area (Å²) in [4.78, 5) is 32.4. The molecule has 4 aromatic rings. The van der Waals surface area contributed by atoms with E-state index in [1.54, 1.807) is 0 Å². The zero-order valence-corrected chi connectivity index (χ0v) is 21.2. The molecule has 2 heterocycles. The summed E-state index contributed by atoms with van der Waals surface area (Å²) in [6.45, 7) is 4.60. The van der Waals surface area contributed by atoms with Crippen LogP contribution >= 0.6 is 0 Å². The number of urea groups is 1. The Morgan fingerprint density at radius 3 is 2.56 bits per heavy atom. The number of quaternary nitrogens is 1. The van der Waals surface area contributed by atoms with Crippen molar-refractivity contribution in [1.82, 2.24) is 9.55 Å². The molecule has 1 aromatic heterocycles. The third-order valence-electron chi connectivity index (χ3n) is 7.64. The minimum atomic E-state index is -0.242. The zero-order valence-electron chi connectivity index (χ0n) is 21.2. The van der Waals surface area contributed by atoms with Crippen molar-refractivity contribution in [3.63, 3.8) is 0 Å². The number of carbonyl (C=O) groups is 2. The van der Waals surface area contributed by atoms with Crippen LogP contribution in [0.25, 0.3) is 22.2 Å². The summed E-state index contributed by atoms with van der Waals surface area (Å²) in [5.41, 5.74) is 5.84. The number of benzene rings is 3. The molecule has 6 nitrogen and oxygen atoms in total. The number of amides is 3. The first kappa shape index (κ1) is 23.9. The number of nitrogens with one attached hydrogen (secondary N) is 1. The second-order valence-electron chi connectivity index (χ2n) is 9.90. The minimum absolute atomic E-state index is 0.0436. The van der Waals surface area contributed by atoms with Crippen molar-refractivity contribution < 1.29 is 14.1 Å². The van der Waals surface area contributed by atoms with Gasteiger partial charge in [0.1, 0.15) is 11.9 Å². The van der Waals surface area contributed by atoms with Crippen LogP contribution in [0.3, 0.4) is 0 Å². The van der Waals surface area contributed by atoms with Gasteiger partial charge in [-0.3, -0.25) is 5.32 Å². The summed E-state index contributed by atoms with van der Waals surface area (Å²) >= 11 is 0. The molecule has 5 rings (SSSR count). The van der Waals surface area contributed by atoms with Crippen molar-refractivity contribution in [3.05, 3.63) is 84.2 Å². The van der Waals surface area contributed by atoms with Crippen LogP contribution in [-0.2, 0) is 18.3 Å². The molecule has 1 unspecified atom stereocenters. The lowest BCUT2D eigenvalue weighted by molar-refractivity contribution is -0.782. The van der Waals surface area contributed by atoms with Gasteiger partial charge in [-0.25, -0.2) is 14.6 Å². The number of imide groups is 1. The first-order valence-electron chi connectivity index (χ1n) is 12.7. The van der Waals surface area contributed by atoms with Gasteiger partial charge >= 0.3 is 11.9 Å². The topological polar surface area (TPSA) is 64.0 Å². The van der Waals surface area contributed by atoms with Gasteiger partial charge in [-0.2, -0.15) is 4.48 Å². The molecule has 184 valence electrons. The van der Waals surface area contributed by atoms with Crippen LogP contribution < -0.4 is 5.32 Å². The highest BCUT2D eigenvalue weighted by Gasteiger charge is 2.52. The van der Waals surface area contributed by atoms with Crippen molar-refractivity contribution in [2.24, 2.45) is 7.05 Å². The molecule has 1 saturated heterocycles. The van der Waals surface area contributed by atoms with E-state index in [4.69, 9.17) is 4.98 Å². The zero-order chi connectivity index (χ0) is 25.3. The monoisotopic (exact) mass is 481 g/mol. The molecule has 6 heteroatoms. The quantitative estimate of drug-likeness (QED) is 0.343. The second kappa shape index (κ2) is 9.70. The number of hydrogen-bond acceptors (Lipinski definition) is 3. The van der Waals surface area contributed by atoms with Crippen LogP contribution in [0.15, 0.2) is 72.8 Å². The fourth-order valence-electron chi connectivity index (χ4n) is 5.54. The number of carbonyl (C=O) groups excluding carboxylic acids is 2. The highest BCUT2D eigenvalue weighted by Crippen LogP contribution is 2.33. The third-order valence-corrected chi connectivity index (χ3v) is 7.64. The van der Waals surface area contributed by atoms with E-state index in [1.807, 2.05) is 68.6 Å². The average Bonchev–Trinajstić information content (AvgIpc) is 3.43. The maximum atomic E-state index is 13.8. The van der Waals surface area contributed by atoms with Crippen LogP contribution in [0, 0.1) is 6.92 Å². The van der Waals surface area contributed by atoms with E-state index < -0.39 is 0 Å². The number of nitrogens with zero attached hydrogens (tertiary/aromatic N) is 3. The summed E-state index contributed by atoms with van der Waals surface area (Å²) in [7, 11) is 1.99. The van der Waals surface area contributed by atoms with Crippen LogP contribution in [0.4, 0.5) is 10.5 Å². The molecule has 0 radical (unpaired) electrons. The Hall–Kier alpha value is -3.77. The summed E-state index contributed by atoms with van der Waals surface area (Å²) in [5.74, 6) is 0.821. The van der Waals surface area contributed by atoms with Crippen molar-refractivity contribution in [2.45, 2.75) is 45.6 Å². The van der Waals surface area contributed by atoms with Crippen LogP contribution in [0.5, 0.6) is 0 Å². The Labute approximate surface area is 212 Å². The van der Waals surface area contributed by atoms with Gasteiger partial charge in [0.25, 0.3) is 0 Å². The molecule has 1 N–H and O–H groups in total. The number of anilines is 1. The molecule has 0 saturated carbocycles. The first-order valence-corrected chi connectivity index (χ1v) is 12.7. The van der Waals surface area contributed by atoms with Gasteiger partial charge in [-0.05, 0) is 43.2 Å². The van der Waals surface area contributed by atoms with Crippen molar-refractivity contribution in [2.75, 3.05) is 11.9 Å². The SMILES string of the molecule is Cc1ccc2c(c1)nc(CCC(=O)[N+]1(C(=O)Nc3ccccc3-c3ccccc3)CCC[C@H]1C)n2C. The lowest BCUT2D eigenvalue weighted by atomic mass is 10.0. The fourth-order valence-corrected chi connectivity index (χ4v) is 5.54. The minimum Gasteiger partial charge on any atom is -0.331 e. The number of aryl methyl sites for hydroxylation is 3. The van der Waals surface area contributed by atoms with E-state index in [0.717, 1.165) is 52.1 Å². The highest BCUT2D eigenvalue weighted by atomic mass is 16.2. The number of aromatic nitrogens is 2. The van der Waals surface area contributed by atoms with E-state index in [9.17, 15) is 9.59 Å². The Morgan fingerprint density at radius 1 is 1.06 bits per heavy atom. The van der Waals surface area contributed by atoms with Gasteiger partial charge in [0, 0.05) is 31.9 Å². The molecule has 1 aliphatic heterocycles. The lowest BCUT2D eigenvalue weighted by Crippen LogP contribution is -2.60. The van der Waals surface area contributed by atoms with Crippen molar-refractivity contribution >= 4 is 28.7 Å². The average molecular weight is 482 g/mol. The summed E-state index contributed by atoms with van der Waals surface area (Å²) in [6, 6.07) is 23.7. The maximum Gasteiger partial charge on any atom is 0.428 e. The van der Waals surface area contributed by atoms with Crippen LogP contribution in [0.1, 0.15) is 37.6 Å². The van der Waals surface area contributed by atoms with Crippen molar-refractivity contribution in [3.8, 4) is 11.1 Å². The van der Waals surface area contributed by atoms with Gasteiger partial charge in [-0.15, -0.1) is 0 Å². The molecule has 0 bridgehead atoms. The summed E-state index contributed by atoms with van der Waals surface area (Å²) in [5, 5.41) is 3.13. The number of rotatable bonds is 5. The molecule has 0 aliphatic carbocycles. The maximum absolute atomic E-state index is 13.8. The number of imidazole rings is 1.